The molecule has 0 radical (unpaired) electrons. The maximum atomic E-state index is 14.4. The monoisotopic (exact) mass is 835 g/mol. The first-order chi connectivity index (χ1) is 22.8. The number of ether oxygens (including phenoxy) is 2. The maximum absolute atomic E-state index is 14.4. The van der Waals surface area contributed by atoms with E-state index in [-0.39, 0.29) is 24.3 Å². The summed E-state index contributed by atoms with van der Waals surface area (Å²) < 4.78 is 15.5. The summed E-state index contributed by atoms with van der Waals surface area (Å²) in [5.41, 5.74) is 3.98. The van der Waals surface area contributed by atoms with E-state index in [1.165, 1.54) is 11.3 Å². The maximum Gasteiger partial charge on any atom is 0.338 e. The minimum absolute atomic E-state index is 0.162. The van der Waals surface area contributed by atoms with Gasteiger partial charge in [0.1, 0.15) is 12.4 Å². The van der Waals surface area contributed by atoms with Gasteiger partial charge in [-0.3, -0.25) is 9.36 Å². The molecule has 0 bridgehead atoms. The van der Waals surface area contributed by atoms with E-state index in [1.54, 1.807) is 41.8 Å². The SMILES string of the molecule is CCOC(=O)C1=C(c2ccccc2)N=c2s/c(=C\c3cc(Br)cc(I)c3OCc3ccc(C#N)cc3)c(=O)n2[C@H]1c1ccc(Cl)cc1. The van der Waals surface area contributed by atoms with Crippen LogP contribution >= 0.6 is 61.5 Å². The molecule has 0 saturated carbocycles. The van der Waals surface area contributed by atoms with Gasteiger partial charge >= 0.3 is 5.97 Å². The molecular weight excluding hydrogens is 813 g/mol. The van der Waals surface area contributed by atoms with Gasteiger partial charge in [-0.25, -0.2) is 9.79 Å². The number of benzene rings is 4. The second-order valence-corrected chi connectivity index (χ2v) is 13.9. The van der Waals surface area contributed by atoms with E-state index < -0.39 is 12.0 Å². The van der Waals surface area contributed by atoms with Crippen molar-refractivity contribution in [1.29, 1.82) is 5.26 Å². The second kappa shape index (κ2) is 14.4. The molecule has 6 rings (SSSR count). The molecule has 2 heterocycles. The predicted octanol–water partition coefficient (Wildman–Crippen LogP) is 7.41. The molecule has 0 spiro atoms. The molecule has 4 aromatic carbocycles. The third kappa shape index (κ3) is 6.99. The highest BCUT2D eigenvalue weighted by molar-refractivity contribution is 14.1. The van der Waals surface area contributed by atoms with Crippen LogP contribution in [0.2, 0.25) is 5.02 Å². The summed E-state index contributed by atoms with van der Waals surface area (Å²) in [5.74, 6) is 0.0554. The Labute approximate surface area is 301 Å². The van der Waals surface area contributed by atoms with E-state index in [0.29, 0.717) is 42.5 Å². The Morgan fingerprint density at radius 2 is 1.83 bits per heavy atom. The molecule has 0 saturated heterocycles. The van der Waals surface area contributed by atoms with Crippen LogP contribution in [0.4, 0.5) is 0 Å². The fourth-order valence-electron chi connectivity index (χ4n) is 5.21. The van der Waals surface area contributed by atoms with Gasteiger partial charge in [-0.05, 0) is 83.1 Å². The summed E-state index contributed by atoms with van der Waals surface area (Å²) >= 11 is 13.3. The number of fused-ring (bicyclic) bond motifs is 1. The van der Waals surface area contributed by atoms with Crippen molar-refractivity contribution in [2.75, 3.05) is 6.61 Å². The molecule has 1 aliphatic rings. The minimum Gasteiger partial charge on any atom is -0.487 e. The first kappa shape index (κ1) is 32.9. The molecule has 11 heteroatoms. The molecule has 234 valence electrons. The molecule has 1 atom stereocenters. The molecule has 0 fully saturated rings. The summed E-state index contributed by atoms with van der Waals surface area (Å²) in [4.78, 5) is 33.4. The topological polar surface area (TPSA) is 93.7 Å². The van der Waals surface area contributed by atoms with Crippen molar-refractivity contribution >= 4 is 79.2 Å². The van der Waals surface area contributed by atoms with E-state index in [0.717, 1.165) is 19.2 Å². The number of halogens is 3. The van der Waals surface area contributed by atoms with Gasteiger partial charge in [0.05, 0.1) is 43.7 Å². The van der Waals surface area contributed by atoms with Crippen molar-refractivity contribution in [1.82, 2.24) is 4.57 Å². The van der Waals surface area contributed by atoms with Gasteiger partial charge in [0.25, 0.3) is 5.56 Å². The molecular formula is C36H24BrClIN3O4S. The van der Waals surface area contributed by atoms with Gasteiger partial charge in [0.15, 0.2) is 4.80 Å². The zero-order valence-corrected chi connectivity index (χ0v) is 30.1. The smallest absolute Gasteiger partial charge is 0.338 e. The number of carbonyl (C=O) groups excluding carboxylic acids is 1. The van der Waals surface area contributed by atoms with Crippen LogP contribution in [0.5, 0.6) is 5.75 Å². The Balaban J connectivity index is 1.54. The Bertz CT molecular complexity index is 2240. The predicted molar refractivity (Wildman–Crippen MR) is 195 cm³/mol. The van der Waals surface area contributed by atoms with Crippen LogP contribution in [0.3, 0.4) is 0 Å². The summed E-state index contributed by atoms with van der Waals surface area (Å²) in [6, 6.07) is 28.8. The Kier molecular flexibility index (Phi) is 10.1. The standard InChI is InChI=1S/C36H24BrClIN3O4S/c1-2-45-35(44)30-31(23-6-4-3-5-7-23)41-36-42(32(30)24-12-14-27(38)15-13-24)34(43)29(47-36)17-25-16-26(37)18-28(39)33(25)46-20-22-10-8-21(19-40)9-11-22/h3-18,32H,2,20H2,1H3/b29-17-/t32-/m0/s1. The number of hydrogen-bond donors (Lipinski definition) is 0. The first-order valence-electron chi connectivity index (χ1n) is 14.4. The van der Waals surface area contributed by atoms with Crippen molar-refractivity contribution in [3.05, 3.63) is 157 Å². The normalized spacial score (nSPS) is 14.3. The van der Waals surface area contributed by atoms with Gasteiger partial charge in [0, 0.05) is 20.6 Å². The fourth-order valence-corrected chi connectivity index (χ4v) is 8.04. The lowest BCUT2D eigenvalue weighted by atomic mass is 9.93. The van der Waals surface area contributed by atoms with Crippen molar-refractivity contribution in [3.63, 3.8) is 0 Å². The van der Waals surface area contributed by atoms with Crippen molar-refractivity contribution in [2.45, 2.75) is 19.6 Å². The molecule has 0 aliphatic carbocycles. The summed E-state index contributed by atoms with van der Waals surface area (Å²) in [5, 5.41) is 9.67. The number of rotatable bonds is 8. The molecule has 0 N–H and O–H groups in total. The Morgan fingerprint density at radius 3 is 2.51 bits per heavy atom. The number of hydrogen-bond acceptors (Lipinski definition) is 7. The molecule has 5 aromatic rings. The fraction of sp³-hybridized carbons (Fsp3) is 0.111. The average Bonchev–Trinajstić information content (AvgIpc) is 3.38. The number of nitriles is 1. The second-order valence-electron chi connectivity index (χ2n) is 10.4. The van der Waals surface area contributed by atoms with E-state index in [1.807, 2.05) is 66.7 Å². The van der Waals surface area contributed by atoms with Gasteiger partial charge in [-0.1, -0.05) is 93.5 Å². The minimum atomic E-state index is -0.810. The number of esters is 1. The van der Waals surface area contributed by atoms with Gasteiger partial charge in [-0.2, -0.15) is 5.26 Å². The number of carbonyl (C=O) groups is 1. The zero-order chi connectivity index (χ0) is 33.1. The molecule has 1 aromatic heterocycles. The van der Waals surface area contributed by atoms with E-state index in [4.69, 9.17) is 31.3 Å². The van der Waals surface area contributed by atoms with Gasteiger partial charge < -0.3 is 9.47 Å². The largest absolute Gasteiger partial charge is 0.487 e. The molecule has 47 heavy (non-hydrogen) atoms. The van der Waals surface area contributed by atoms with Gasteiger partial charge in [-0.15, -0.1) is 0 Å². The lowest BCUT2D eigenvalue weighted by molar-refractivity contribution is -0.138. The van der Waals surface area contributed by atoms with Crippen molar-refractivity contribution < 1.29 is 14.3 Å². The number of thiazole rings is 1. The molecule has 0 unspecified atom stereocenters. The van der Waals surface area contributed by atoms with Crippen molar-refractivity contribution in [2.24, 2.45) is 4.99 Å². The van der Waals surface area contributed by atoms with Crippen LogP contribution in [0.25, 0.3) is 11.8 Å². The van der Waals surface area contributed by atoms with E-state index >= 15 is 0 Å². The van der Waals surface area contributed by atoms with Crippen LogP contribution in [0.1, 0.15) is 40.8 Å². The zero-order valence-electron chi connectivity index (χ0n) is 24.7. The quantitative estimate of drug-likeness (QED) is 0.120. The van der Waals surface area contributed by atoms with Crippen molar-refractivity contribution in [3.8, 4) is 11.8 Å². The van der Waals surface area contributed by atoms with Crippen LogP contribution in [-0.4, -0.2) is 17.1 Å². The summed E-state index contributed by atoms with van der Waals surface area (Å²) in [7, 11) is 0. The van der Waals surface area contributed by atoms with E-state index in [9.17, 15) is 9.59 Å². The number of nitrogens with zero attached hydrogens (tertiary/aromatic N) is 3. The van der Waals surface area contributed by atoms with Gasteiger partial charge in [0.2, 0.25) is 0 Å². The first-order valence-corrected chi connectivity index (χ1v) is 17.5. The Morgan fingerprint density at radius 1 is 1.11 bits per heavy atom. The molecule has 0 amide bonds. The molecule has 7 nitrogen and oxygen atoms in total. The lowest BCUT2D eigenvalue weighted by Crippen LogP contribution is -2.40. The van der Waals surface area contributed by atoms with Crippen LogP contribution in [0.15, 0.2) is 111 Å². The third-order valence-electron chi connectivity index (χ3n) is 7.35. The number of aromatic nitrogens is 1. The molecule has 1 aliphatic heterocycles. The highest BCUT2D eigenvalue weighted by Crippen LogP contribution is 2.36. The summed E-state index contributed by atoms with van der Waals surface area (Å²) in [6.45, 7) is 2.17. The van der Waals surface area contributed by atoms with Crippen LogP contribution in [-0.2, 0) is 16.1 Å². The van der Waals surface area contributed by atoms with E-state index in [2.05, 4.69) is 44.6 Å². The third-order valence-corrected chi connectivity index (χ3v) is 9.84. The van der Waals surface area contributed by atoms with Crippen LogP contribution < -0.4 is 19.6 Å². The summed E-state index contributed by atoms with van der Waals surface area (Å²) in [6.07, 6.45) is 1.79. The average molecular weight is 837 g/mol. The van der Waals surface area contributed by atoms with Crippen LogP contribution in [0, 0.1) is 14.9 Å². The Hall–Kier alpha value is -4.02. The highest BCUT2D eigenvalue weighted by Gasteiger charge is 2.35. The highest BCUT2D eigenvalue weighted by atomic mass is 127. The lowest BCUT2D eigenvalue weighted by Gasteiger charge is -2.26.